The lowest BCUT2D eigenvalue weighted by atomic mass is 10.1. The first-order chi connectivity index (χ1) is 8.08. The number of carbonyl (C=O) groups is 1. The highest BCUT2D eigenvalue weighted by Gasteiger charge is 2.30. The Labute approximate surface area is 101 Å². The highest BCUT2D eigenvalue weighted by Crippen LogP contribution is 2.22. The summed E-state index contributed by atoms with van der Waals surface area (Å²) in [6, 6.07) is 7.23. The van der Waals surface area contributed by atoms with Crippen molar-refractivity contribution in [3.05, 3.63) is 29.8 Å². The summed E-state index contributed by atoms with van der Waals surface area (Å²) in [4.78, 5) is 13.3. The fraction of sp³-hybridized carbons (Fsp3) is 0.462. The Morgan fingerprint density at radius 1 is 1.53 bits per heavy atom. The van der Waals surface area contributed by atoms with Crippen LogP contribution in [0.1, 0.15) is 25.0 Å². The number of hydrogen-bond acceptors (Lipinski definition) is 3. The fourth-order valence-electron chi connectivity index (χ4n) is 1.91. The van der Waals surface area contributed by atoms with Crippen LogP contribution in [0.15, 0.2) is 24.3 Å². The van der Waals surface area contributed by atoms with Gasteiger partial charge in [-0.05, 0) is 24.6 Å². The predicted molar refractivity (Wildman–Crippen MR) is 63.7 cm³/mol. The second kappa shape index (κ2) is 4.75. The monoisotopic (exact) mass is 235 g/mol. The van der Waals surface area contributed by atoms with Crippen LogP contribution in [0.4, 0.5) is 0 Å². The Morgan fingerprint density at radius 2 is 2.29 bits per heavy atom. The molecule has 17 heavy (non-hydrogen) atoms. The van der Waals surface area contributed by atoms with Gasteiger partial charge in [0.25, 0.3) is 5.91 Å². The maximum atomic E-state index is 11.7. The van der Waals surface area contributed by atoms with Gasteiger partial charge in [0.15, 0.2) is 6.10 Å². The van der Waals surface area contributed by atoms with Gasteiger partial charge in [-0.25, -0.2) is 0 Å². The van der Waals surface area contributed by atoms with E-state index in [2.05, 4.69) is 0 Å². The molecule has 0 bridgehead atoms. The summed E-state index contributed by atoms with van der Waals surface area (Å²) in [5.74, 6) is 0.657. The zero-order chi connectivity index (χ0) is 12.4. The minimum atomic E-state index is -0.527. The first kappa shape index (κ1) is 11.9. The zero-order valence-corrected chi connectivity index (χ0v) is 10.1. The van der Waals surface area contributed by atoms with Crippen LogP contribution < -0.4 is 4.74 Å². The van der Waals surface area contributed by atoms with Crippen LogP contribution in [0.5, 0.6) is 5.75 Å². The summed E-state index contributed by atoms with van der Waals surface area (Å²) in [5, 5.41) is 9.47. The number of nitrogens with zero attached hydrogens (tertiary/aromatic N) is 1. The molecule has 0 aromatic heterocycles. The number of ether oxygens (including phenoxy) is 1. The average Bonchev–Trinajstić information content (AvgIpc) is 2.61. The minimum absolute atomic E-state index is 0.0208. The molecule has 2 atom stereocenters. The third-order valence-electron chi connectivity index (χ3n) is 3.00. The molecular formula is C13H17NO3. The summed E-state index contributed by atoms with van der Waals surface area (Å²) in [6.45, 7) is 2.44. The van der Waals surface area contributed by atoms with E-state index < -0.39 is 6.10 Å². The van der Waals surface area contributed by atoms with Crippen molar-refractivity contribution in [2.75, 3.05) is 13.6 Å². The van der Waals surface area contributed by atoms with Crippen LogP contribution in [0.25, 0.3) is 0 Å². The summed E-state index contributed by atoms with van der Waals surface area (Å²) in [7, 11) is 1.78. The van der Waals surface area contributed by atoms with E-state index in [1.54, 1.807) is 31.0 Å². The van der Waals surface area contributed by atoms with Gasteiger partial charge in [-0.3, -0.25) is 4.79 Å². The number of amides is 1. The van der Waals surface area contributed by atoms with Gasteiger partial charge in [-0.2, -0.15) is 0 Å². The van der Waals surface area contributed by atoms with Crippen LogP contribution in [0.2, 0.25) is 0 Å². The summed E-state index contributed by atoms with van der Waals surface area (Å²) >= 11 is 0. The van der Waals surface area contributed by atoms with Crippen molar-refractivity contribution < 1.29 is 14.6 Å². The molecule has 4 nitrogen and oxygen atoms in total. The molecule has 1 aromatic rings. The zero-order valence-electron chi connectivity index (χ0n) is 10.1. The standard InChI is InChI=1S/C13H17NO3/c1-9(15)10-4-3-5-11(8-10)17-12-6-7-14(2)13(12)16/h3-5,8-9,12,15H,6-7H2,1-2H3/t9-,12?/m1/s1. The van der Waals surface area contributed by atoms with E-state index in [4.69, 9.17) is 4.74 Å². The third-order valence-corrected chi connectivity index (χ3v) is 3.00. The molecule has 0 aliphatic carbocycles. The molecule has 0 radical (unpaired) electrons. The lowest BCUT2D eigenvalue weighted by molar-refractivity contribution is -0.132. The van der Waals surface area contributed by atoms with Gasteiger partial charge >= 0.3 is 0 Å². The molecule has 92 valence electrons. The molecule has 1 aliphatic heterocycles. The SMILES string of the molecule is C[C@@H](O)c1cccc(OC2CCN(C)C2=O)c1. The number of carbonyl (C=O) groups excluding carboxylic acids is 1. The molecule has 2 rings (SSSR count). The number of aliphatic hydroxyl groups excluding tert-OH is 1. The maximum absolute atomic E-state index is 11.7. The molecule has 1 unspecified atom stereocenters. The third kappa shape index (κ3) is 2.58. The van der Waals surface area contributed by atoms with Crippen LogP contribution in [-0.4, -0.2) is 35.6 Å². The highest BCUT2D eigenvalue weighted by atomic mass is 16.5. The number of hydrogen-bond donors (Lipinski definition) is 1. The predicted octanol–water partition coefficient (Wildman–Crippen LogP) is 1.35. The van der Waals surface area contributed by atoms with Crippen molar-refractivity contribution >= 4 is 5.91 Å². The number of benzene rings is 1. The molecule has 0 saturated carbocycles. The van der Waals surface area contributed by atoms with E-state index in [1.807, 2.05) is 12.1 Å². The minimum Gasteiger partial charge on any atom is -0.481 e. The molecule has 1 heterocycles. The van der Waals surface area contributed by atoms with E-state index >= 15 is 0 Å². The van der Waals surface area contributed by atoms with E-state index in [0.29, 0.717) is 12.2 Å². The molecule has 1 fully saturated rings. The van der Waals surface area contributed by atoms with E-state index in [1.165, 1.54) is 0 Å². The molecule has 0 spiro atoms. The van der Waals surface area contributed by atoms with Gasteiger partial charge in [0.05, 0.1) is 6.10 Å². The molecule has 1 N–H and O–H groups in total. The first-order valence-electron chi connectivity index (χ1n) is 5.77. The Balaban J connectivity index is 2.09. The largest absolute Gasteiger partial charge is 0.481 e. The Kier molecular flexibility index (Phi) is 3.33. The molecule has 1 aromatic carbocycles. The number of likely N-dealkylation sites (tertiary alicyclic amines) is 1. The van der Waals surface area contributed by atoms with Crippen LogP contribution in [-0.2, 0) is 4.79 Å². The van der Waals surface area contributed by atoms with Crippen molar-refractivity contribution in [3.63, 3.8) is 0 Å². The van der Waals surface area contributed by atoms with Gasteiger partial charge < -0.3 is 14.7 Å². The van der Waals surface area contributed by atoms with E-state index in [0.717, 1.165) is 12.1 Å². The lowest BCUT2D eigenvalue weighted by Crippen LogP contribution is -2.29. The fourth-order valence-corrected chi connectivity index (χ4v) is 1.91. The van der Waals surface area contributed by atoms with Gasteiger partial charge in [0.2, 0.25) is 0 Å². The molecule has 4 heteroatoms. The molecule has 1 aliphatic rings. The Hall–Kier alpha value is -1.55. The van der Waals surface area contributed by atoms with Gasteiger partial charge in [-0.15, -0.1) is 0 Å². The smallest absolute Gasteiger partial charge is 0.263 e. The van der Waals surface area contributed by atoms with E-state index in [9.17, 15) is 9.90 Å². The first-order valence-corrected chi connectivity index (χ1v) is 5.77. The van der Waals surface area contributed by atoms with Crippen LogP contribution >= 0.6 is 0 Å². The van der Waals surface area contributed by atoms with Gasteiger partial charge in [0, 0.05) is 20.0 Å². The van der Waals surface area contributed by atoms with Crippen molar-refractivity contribution in [1.82, 2.24) is 4.90 Å². The van der Waals surface area contributed by atoms with Gasteiger partial charge in [0.1, 0.15) is 5.75 Å². The quantitative estimate of drug-likeness (QED) is 0.860. The number of aliphatic hydroxyl groups is 1. The van der Waals surface area contributed by atoms with Crippen molar-refractivity contribution in [3.8, 4) is 5.75 Å². The molecule has 1 saturated heterocycles. The maximum Gasteiger partial charge on any atom is 0.263 e. The van der Waals surface area contributed by atoms with Crippen LogP contribution in [0.3, 0.4) is 0 Å². The summed E-state index contributed by atoms with van der Waals surface area (Å²) in [6.07, 6.45) is -0.196. The number of rotatable bonds is 3. The van der Waals surface area contributed by atoms with E-state index in [-0.39, 0.29) is 12.0 Å². The second-order valence-electron chi connectivity index (χ2n) is 4.40. The second-order valence-corrected chi connectivity index (χ2v) is 4.40. The van der Waals surface area contributed by atoms with Crippen LogP contribution in [0, 0.1) is 0 Å². The molecular weight excluding hydrogens is 218 g/mol. The summed E-state index contributed by atoms with van der Waals surface area (Å²) < 4.78 is 5.65. The lowest BCUT2D eigenvalue weighted by Gasteiger charge is -2.14. The summed E-state index contributed by atoms with van der Waals surface area (Å²) in [5.41, 5.74) is 0.793. The van der Waals surface area contributed by atoms with Gasteiger partial charge in [-0.1, -0.05) is 12.1 Å². The van der Waals surface area contributed by atoms with Crippen molar-refractivity contribution in [2.24, 2.45) is 0 Å². The van der Waals surface area contributed by atoms with Crippen molar-refractivity contribution in [2.45, 2.75) is 25.6 Å². The normalized spacial score (nSPS) is 21.7. The Morgan fingerprint density at radius 3 is 2.88 bits per heavy atom. The highest BCUT2D eigenvalue weighted by molar-refractivity contribution is 5.83. The van der Waals surface area contributed by atoms with Crippen molar-refractivity contribution in [1.29, 1.82) is 0 Å². The molecule has 1 amide bonds. The average molecular weight is 235 g/mol. The topological polar surface area (TPSA) is 49.8 Å². The number of likely N-dealkylation sites (N-methyl/N-ethyl adjacent to an activating group) is 1. The Bertz CT molecular complexity index is 417.